The Morgan fingerprint density at radius 1 is 1.03 bits per heavy atom. The number of nitrogens with one attached hydrogen (secondary N) is 2. The molecule has 4 rings (SSSR count). The fourth-order valence-electron chi connectivity index (χ4n) is 4.52. The van der Waals surface area contributed by atoms with Gasteiger partial charge < -0.3 is 10.2 Å². The van der Waals surface area contributed by atoms with Crippen LogP contribution in [0.25, 0.3) is 0 Å². The fraction of sp³-hybridized carbons (Fsp3) is 0.320. The number of likely N-dealkylation sites (N-methyl/N-ethyl adjacent to an activating group) is 1. The van der Waals surface area contributed by atoms with Crippen LogP contribution in [0.3, 0.4) is 0 Å². The molecule has 0 unspecified atom stereocenters. The summed E-state index contributed by atoms with van der Waals surface area (Å²) in [5.74, 6) is -0.114. The molecule has 32 heavy (non-hydrogen) atoms. The van der Waals surface area contributed by atoms with Crippen molar-refractivity contribution >= 4 is 29.1 Å². The van der Waals surface area contributed by atoms with Gasteiger partial charge >= 0.3 is 0 Å². The van der Waals surface area contributed by atoms with Gasteiger partial charge in [0.25, 0.3) is 17.7 Å². The number of hydrogen-bond acceptors (Lipinski definition) is 3. The zero-order chi connectivity index (χ0) is 22.7. The first kappa shape index (κ1) is 21.8. The Balaban J connectivity index is 1.30. The number of allylic oxidation sites excluding steroid dienone is 1. The van der Waals surface area contributed by atoms with Crippen molar-refractivity contribution in [3.8, 4) is 0 Å². The van der Waals surface area contributed by atoms with E-state index < -0.39 is 0 Å². The lowest BCUT2D eigenvalue weighted by Crippen LogP contribution is -3.14. The summed E-state index contributed by atoms with van der Waals surface area (Å²) in [6.07, 6.45) is 3.71. The average molecular weight is 434 g/mol. The molecule has 2 aliphatic rings. The first-order chi connectivity index (χ1) is 15.5. The number of rotatable bonds is 5. The number of hydrogen-bond donors (Lipinski definition) is 2. The van der Waals surface area contributed by atoms with Gasteiger partial charge in [0.2, 0.25) is 0 Å². The Bertz CT molecular complexity index is 1020. The van der Waals surface area contributed by atoms with Crippen LogP contribution in [0.15, 0.2) is 66.2 Å². The van der Waals surface area contributed by atoms with Crippen LogP contribution in [0.5, 0.6) is 0 Å². The van der Waals surface area contributed by atoms with Gasteiger partial charge in [0, 0.05) is 25.6 Å². The highest BCUT2D eigenvalue weighted by Gasteiger charge is 2.39. The van der Waals surface area contributed by atoms with Crippen molar-refractivity contribution in [3.63, 3.8) is 0 Å². The molecule has 0 bridgehead atoms. The summed E-state index contributed by atoms with van der Waals surface area (Å²) in [7, 11) is 1.57. The Labute approximate surface area is 188 Å². The molecule has 2 saturated heterocycles. The lowest BCUT2D eigenvalue weighted by Gasteiger charge is -2.29. The van der Waals surface area contributed by atoms with Crippen molar-refractivity contribution in [2.24, 2.45) is 0 Å². The molecular weight excluding hydrogens is 404 g/mol. The third-order valence-electron chi connectivity index (χ3n) is 6.31. The van der Waals surface area contributed by atoms with E-state index in [2.05, 4.69) is 29.6 Å². The zero-order valence-electron chi connectivity index (χ0n) is 18.5. The summed E-state index contributed by atoms with van der Waals surface area (Å²) in [6.45, 7) is 4.08. The van der Waals surface area contributed by atoms with Gasteiger partial charge in [-0.05, 0) is 42.7 Å². The van der Waals surface area contributed by atoms with Crippen LogP contribution in [0.2, 0.25) is 0 Å². The van der Waals surface area contributed by atoms with Gasteiger partial charge in [-0.3, -0.25) is 14.4 Å². The van der Waals surface area contributed by atoms with Gasteiger partial charge in [0.15, 0.2) is 6.54 Å². The van der Waals surface area contributed by atoms with Crippen molar-refractivity contribution in [2.75, 3.05) is 37.0 Å². The molecule has 3 amide bonds. The standard InChI is InChI=1S/C25H28N4O3/c1-3-22-24(31)27(2)29(25(22)32)21-11-9-20(10-12-21)26-23(30)17-28-15-13-19(14-16-28)18-7-5-4-6-8-18/h3-12,19H,13-17H2,1-2H3,(H,26,30)/p+1/b22-3+. The van der Waals surface area contributed by atoms with E-state index in [9.17, 15) is 14.4 Å². The van der Waals surface area contributed by atoms with E-state index in [1.807, 2.05) is 6.07 Å². The first-order valence-electron chi connectivity index (χ1n) is 11.0. The van der Waals surface area contributed by atoms with Crippen LogP contribution >= 0.6 is 0 Å². The van der Waals surface area contributed by atoms with E-state index in [0.717, 1.165) is 25.9 Å². The van der Waals surface area contributed by atoms with Crippen molar-refractivity contribution < 1.29 is 19.3 Å². The molecule has 0 aliphatic carbocycles. The summed E-state index contributed by atoms with van der Waals surface area (Å²) >= 11 is 0. The zero-order valence-corrected chi connectivity index (χ0v) is 18.5. The van der Waals surface area contributed by atoms with Crippen molar-refractivity contribution in [1.82, 2.24) is 5.01 Å². The summed E-state index contributed by atoms with van der Waals surface area (Å²) in [6, 6.07) is 17.6. The maximum absolute atomic E-state index is 12.5. The number of likely N-dealkylation sites (tertiary alicyclic amines) is 1. The number of benzene rings is 2. The molecule has 2 N–H and O–H groups in total. The van der Waals surface area contributed by atoms with E-state index in [4.69, 9.17) is 0 Å². The molecule has 166 valence electrons. The van der Waals surface area contributed by atoms with E-state index >= 15 is 0 Å². The van der Waals surface area contributed by atoms with Crippen molar-refractivity contribution in [1.29, 1.82) is 0 Å². The minimum absolute atomic E-state index is 0.0216. The minimum atomic E-state index is -0.348. The number of hydrazine groups is 1. The number of carbonyl (C=O) groups is 3. The molecule has 7 heteroatoms. The van der Waals surface area contributed by atoms with Crippen LogP contribution in [-0.4, -0.2) is 49.4 Å². The topological polar surface area (TPSA) is 74.2 Å². The van der Waals surface area contributed by atoms with Gasteiger partial charge in [-0.25, -0.2) is 10.0 Å². The second-order valence-electron chi connectivity index (χ2n) is 8.35. The summed E-state index contributed by atoms with van der Waals surface area (Å²) in [5.41, 5.74) is 2.80. The van der Waals surface area contributed by atoms with Crippen LogP contribution in [0.4, 0.5) is 11.4 Å². The summed E-state index contributed by atoms with van der Waals surface area (Å²) in [4.78, 5) is 38.5. The van der Waals surface area contributed by atoms with Crippen LogP contribution in [0, 0.1) is 0 Å². The number of amides is 3. The van der Waals surface area contributed by atoms with Crippen LogP contribution in [-0.2, 0) is 14.4 Å². The van der Waals surface area contributed by atoms with Gasteiger partial charge in [-0.1, -0.05) is 36.4 Å². The van der Waals surface area contributed by atoms with Crippen molar-refractivity contribution in [2.45, 2.75) is 25.7 Å². The van der Waals surface area contributed by atoms with Crippen LogP contribution in [0.1, 0.15) is 31.2 Å². The van der Waals surface area contributed by atoms with Crippen molar-refractivity contribution in [3.05, 3.63) is 71.8 Å². The molecule has 2 aromatic carbocycles. The first-order valence-corrected chi connectivity index (χ1v) is 11.0. The normalized spacial score (nSPS) is 22.5. The van der Waals surface area contributed by atoms with Gasteiger partial charge in [0.05, 0.1) is 18.8 Å². The van der Waals surface area contributed by atoms with E-state index in [1.54, 1.807) is 38.2 Å². The van der Waals surface area contributed by atoms with E-state index in [1.165, 1.54) is 26.6 Å². The predicted octanol–water partition coefficient (Wildman–Crippen LogP) is 1.75. The third kappa shape index (κ3) is 4.43. The summed E-state index contributed by atoms with van der Waals surface area (Å²) in [5, 5.41) is 5.58. The Kier molecular flexibility index (Phi) is 6.37. The molecule has 2 aromatic rings. The van der Waals surface area contributed by atoms with Gasteiger partial charge in [-0.15, -0.1) is 0 Å². The molecule has 0 radical (unpaired) electrons. The SMILES string of the molecule is C/C=C1\C(=O)N(C)N(c2ccc(NC(=O)C[NH+]3CCC(c4ccccc4)CC3)cc2)C1=O. The number of quaternary nitrogens is 1. The fourth-order valence-corrected chi connectivity index (χ4v) is 4.52. The highest BCUT2D eigenvalue weighted by atomic mass is 16.2. The number of nitrogens with zero attached hydrogens (tertiary/aromatic N) is 2. The Hall–Kier alpha value is -3.45. The van der Waals surface area contributed by atoms with E-state index in [-0.39, 0.29) is 23.3 Å². The quantitative estimate of drug-likeness (QED) is 0.557. The highest BCUT2D eigenvalue weighted by Crippen LogP contribution is 2.27. The van der Waals surface area contributed by atoms with Gasteiger partial charge in [0.1, 0.15) is 5.57 Å². The maximum atomic E-state index is 12.5. The smallest absolute Gasteiger partial charge is 0.282 e. The lowest BCUT2D eigenvalue weighted by atomic mass is 9.89. The predicted molar refractivity (Wildman–Crippen MR) is 123 cm³/mol. The molecule has 2 heterocycles. The number of carbonyl (C=O) groups excluding carboxylic acids is 3. The lowest BCUT2D eigenvalue weighted by molar-refractivity contribution is -0.897. The largest absolute Gasteiger partial charge is 0.327 e. The molecule has 0 spiro atoms. The average Bonchev–Trinajstić information content (AvgIpc) is 3.03. The molecule has 2 aliphatic heterocycles. The third-order valence-corrected chi connectivity index (χ3v) is 6.31. The minimum Gasteiger partial charge on any atom is -0.327 e. The molecule has 0 saturated carbocycles. The maximum Gasteiger partial charge on any atom is 0.282 e. The highest BCUT2D eigenvalue weighted by molar-refractivity contribution is 6.29. The Morgan fingerprint density at radius 2 is 1.69 bits per heavy atom. The summed E-state index contributed by atoms with van der Waals surface area (Å²) < 4.78 is 0. The molecule has 2 fully saturated rings. The Morgan fingerprint density at radius 3 is 2.28 bits per heavy atom. The van der Waals surface area contributed by atoms with E-state index in [0.29, 0.717) is 23.8 Å². The molecular formula is C25H29N4O3+. The van der Waals surface area contributed by atoms with Crippen LogP contribution < -0.4 is 15.2 Å². The second-order valence-corrected chi connectivity index (χ2v) is 8.35. The monoisotopic (exact) mass is 433 g/mol. The van der Waals surface area contributed by atoms with Gasteiger partial charge in [-0.2, -0.15) is 0 Å². The molecule has 0 aromatic heterocycles. The molecule has 0 atom stereocenters. The number of piperidine rings is 1. The number of anilines is 2. The molecule has 7 nitrogen and oxygen atoms in total. The second kappa shape index (κ2) is 9.36.